The Morgan fingerprint density at radius 2 is 1.78 bits per heavy atom. The van der Waals surface area contributed by atoms with Crippen LogP contribution in [-0.4, -0.2) is 133 Å². The van der Waals surface area contributed by atoms with Gasteiger partial charge in [0.2, 0.25) is 17.6 Å². The van der Waals surface area contributed by atoms with E-state index in [2.05, 4.69) is 31.5 Å². The summed E-state index contributed by atoms with van der Waals surface area (Å²) in [5.41, 5.74) is -3.37. The predicted octanol–water partition coefficient (Wildman–Crippen LogP) is 2.28. The van der Waals surface area contributed by atoms with Gasteiger partial charge in [-0.05, 0) is 51.0 Å². The van der Waals surface area contributed by atoms with Crippen molar-refractivity contribution in [1.82, 2.24) is 20.5 Å². The number of ketones is 3. The number of hydrogen-bond acceptors (Lipinski definition) is 15. The topological polar surface area (TPSA) is 271 Å². The third-order valence-corrected chi connectivity index (χ3v) is 13.3. The Balaban J connectivity index is 1.02. The van der Waals surface area contributed by atoms with Crippen molar-refractivity contribution in [3.8, 4) is 17.2 Å². The highest BCUT2D eigenvalue weighted by Crippen LogP contribution is 2.52. The lowest BCUT2D eigenvalue weighted by Gasteiger charge is -2.43. The first-order valence-corrected chi connectivity index (χ1v) is 21.5. The molecule has 0 spiro atoms. The number of fused-ring (bicyclic) bond motifs is 4. The number of nitrogens with zero attached hydrogens (tertiary/aromatic N) is 2. The van der Waals surface area contributed by atoms with Gasteiger partial charge in [0.1, 0.15) is 47.6 Å². The van der Waals surface area contributed by atoms with Crippen molar-refractivity contribution >= 4 is 61.9 Å². The second-order valence-electron chi connectivity index (χ2n) is 16.5. The van der Waals surface area contributed by atoms with Crippen molar-refractivity contribution in [2.24, 2.45) is 0 Å². The molecule has 18 nitrogen and oxygen atoms in total. The molecule has 4 aromatic rings. The number of phenols is 2. The molecule has 7 N–H and O–H groups in total. The molecule has 19 heteroatoms. The van der Waals surface area contributed by atoms with E-state index in [1.54, 1.807) is 24.3 Å². The number of aliphatic hydroxyl groups is 3. The SMILES string of the molecule is COc1cccc2c1C(=O)c1c(O)c3c(c(O)c1C2=O)C[C@@](O)(C(=O)CO)CC3OC1CC(NC(=O)[C@@H]2CCCN2C(=O)[C@@H](C)NC(=O)c2ccnc3cccc(Br)c23)C(O)C(C)O1. The molecule has 2 aliphatic heterocycles. The number of likely N-dealkylation sites (tertiary alicyclic amines) is 1. The Morgan fingerprint density at radius 3 is 2.52 bits per heavy atom. The van der Waals surface area contributed by atoms with Crippen LogP contribution in [0.2, 0.25) is 0 Å². The van der Waals surface area contributed by atoms with E-state index in [1.165, 1.54) is 50.3 Å². The van der Waals surface area contributed by atoms with Crippen LogP contribution < -0.4 is 15.4 Å². The van der Waals surface area contributed by atoms with E-state index < -0.39 is 125 Å². The summed E-state index contributed by atoms with van der Waals surface area (Å²) in [4.78, 5) is 87.9. The summed E-state index contributed by atoms with van der Waals surface area (Å²) < 4.78 is 18.3. The van der Waals surface area contributed by atoms with Gasteiger partial charge in [0.15, 0.2) is 17.9 Å². The number of amides is 3. The molecule has 3 heterocycles. The lowest BCUT2D eigenvalue weighted by atomic mass is 9.72. The number of carbonyl (C=O) groups excluding carboxylic acids is 6. The molecule has 8 rings (SSSR count). The Kier molecular flexibility index (Phi) is 12.1. The summed E-state index contributed by atoms with van der Waals surface area (Å²) in [6.07, 6.45) is -4.41. The third kappa shape index (κ3) is 7.58. The van der Waals surface area contributed by atoms with Crippen molar-refractivity contribution in [2.75, 3.05) is 20.3 Å². The molecule has 5 unspecified atom stereocenters. The molecular weight excluding hydrogens is 900 g/mol. The number of nitrogens with one attached hydrogen (secondary N) is 2. The van der Waals surface area contributed by atoms with E-state index >= 15 is 0 Å². The first kappa shape index (κ1) is 44.8. The standard InChI is InChI=1S/C45H45BrN4O14/c1-19(48-42(58)22-12-13-47-25-9-5-8-24(46)32(22)25)44(60)50-14-6-10-27(50)43(59)49-26-15-31(63-20(2)37(26)53)64-29-17-45(61,30(52)18-51)16-23-34(29)41(57)36-35(39(23)55)38(54)21-7-4-11-28(62-3)33(21)40(36)56/h4-5,7-9,11-13,19-20,26-27,29,31,37,51,53,55,57,61H,6,10,14-18H2,1-3H3,(H,48,58)(H,49,59)/t19-,20?,26?,27+,29?,31?,37?,45+/m1/s1. The number of rotatable bonds is 10. The van der Waals surface area contributed by atoms with Gasteiger partial charge in [-0.25, -0.2) is 0 Å². The van der Waals surface area contributed by atoms with Gasteiger partial charge >= 0.3 is 0 Å². The van der Waals surface area contributed by atoms with Gasteiger partial charge in [0.05, 0.1) is 53.1 Å². The molecule has 4 aliphatic rings. The van der Waals surface area contributed by atoms with Crippen LogP contribution >= 0.6 is 15.9 Å². The molecule has 0 bridgehead atoms. The van der Waals surface area contributed by atoms with Crippen LogP contribution in [0, 0.1) is 0 Å². The molecule has 0 saturated carbocycles. The van der Waals surface area contributed by atoms with Crippen molar-refractivity contribution in [1.29, 1.82) is 0 Å². The molecular formula is C45H45BrN4O14. The highest BCUT2D eigenvalue weighted by atomic mass is 79.9. The predicted molar refractivity (Wildman–Crippen MR) is 227 cm³/mol. The molecule has 8 atom stereocenters. The number of aliphatic hydroxyl groups excluding tert-OH is 2. The van der Waals surface area contributed by atoms with Gasteiger partial charge in [0.25, 0.3) is 5.91 Å². The fourth-order valence-corrected chi connectivity index (χ4v) is 9.95. The average Bonchev–Trinajstić information content (AvgIpc) is 3.77. The summed E-state index contributed by atoms with van der Waals surface area (Å²) >= 11 is 3.47. The van der Waals surface area contributed by atoms with Crippen molar-refractivity contribution in [3.05, 3.63) is 92.1 Å². The van der Waals surface area contributed by atoms with Crippen molar-refractivity contribution in [3.63, 3.8) is 0 Å². The van der Waals surface area contributed by atoms with Crippen molar-refractivity contribution in [2.45, 2.75) is 94.3 Å². The van der Waals surface area contributed by atoms with E-state index in [4.69, 9.17) is 14.2 Å². The summed E-state index contributed by atoms with van der Waals surface area (Å²) in [5.74, 6) is -5.83. The molecule has 3 amide bonds. The second-order valence-corrected chi connectivity index (χ2v) is 17.3. The highest BCUT2D eigenvalue weighted by Gasteiger charge is 2.51. The quantitative estimate of drug-likeness (QED) is 0.0991. The fourth-order valence-electron chi connectivity index (χ4n) is 9.38. The number of methoxy groups -OCH3 is 1. The van der Waals surface area contributed by atoms with Crippen LogP contribution in [0.25, 0.3) is 10.9 Å². The summed E-state index contributed by atoms with van der Waals surface area (Å²) in [7, 11) is 1.30. The average molecular weight is 946 g/mol. The number of aromatic hydroxyl groups is 2. The number of carbonyl (C=O) groups is 6. The van der Waals surface area contributed by atoms with Crippen LogP contribution in [0.3, 0.4) is 0 Å². The molecule has 2 fully saturated rings. The molecule has 1 aromatic heterocycles. The van der Waals surface area contributed by atoms with Crippen LogP contribution in [0.5, 0.6) is 17.2 Å². The van der Waals surface area contributed by atoms with Gasteiger partial charge in [-0.1, -0.05) is 34.1 Å². The third-order valence-electron chi connectivity index (χ3n) is 12.6. The summed E-state index contributed by atoms with van der Waals surface area (Å²) in [6.45, 7) is 2.15. The minimum atomic E-state index is -2.39. The number of aromatic nitrogens is 1. The maximum absolute atomic E-state index is 14.0. The summed E-state index contributed by atoms with van der Waals surface area (Å²) in [6, 6.07) is 8.10. The highest BCUT2D eigenvalue weighted by molar-refractivity contribution is 9.10. The Morgan fingerprint density at radius 1 is 1.05 bits per heavy atom. The normalized spacial score (nSPS) is 25.5. The zero-order valence-corrected chi connectivity index (χ0v) is 36.4. The number of Topliss-reactive ketones (excluding diaryl/α,β-unsaturated/α-hetero) is 1. The first-order valence-electron chi connectivity index (χ1n) is 20.7. The van der Waals surface area contributed by atoms with Crippen LogP contribution in [0.15, 0.2) is 53.1 Å². The lowest BCUT2D eigenvalue weighted by molar-refractivity contribution is -0.249. The van der Waals surface area contributed by atoms with E-state index in [-0.39, 0.29) is 47.4 Å². The monoisotopic (exact) mass is 944 g/mol. The Hall–Kier alpha value is -5.83. The van der Waals surface area contributed by atoms with Gasteiger partial charge in [-0.15, -0.1) is 0 Å². The minimum absolute atomic E-state index is 0.0415. The maximum atomic E-state index is 14.0. The zero-order chi connectivity index (χ0) is 45.9. The van der Waals surface area contributed by atoms with E-state index in [0.29, 0.717) is 27.4 Å². The lowest BCUT2D eigenvalue weighted by Crippen LogP contribution is -2.59. The number of pyridine rings is 1. The van der Waals surface area contributed by atoms with Crippen LogP contribution in [-0.2, 0) is 30.3 Å². The van der Waals surface area contributed by atoms with Gasteiger partial charge in [-0.3, -0.25) is 33.8 Å². The van der Waals surface area contributed by atoms with E-state index in [9.17, 15) is 54.3 Å². The van der Waals surface area contributed by atoms with Gasteiger partial charge < -0.3 is 55.3 Å². The van der Waals surface area contributed by atoms with Crippen LogP contribution in [0.1, 0.15) is 99.0 Å². The Labute approximate surface area is 373 Å². The number of hydrogen-bond donors (Lipinski definition) is 7. The number of benzene rings is 3. The number of ether oxygens (including phenoxy) is 3. The van der Waals surface area contributed by atoms with E-state index in [0.717, 1.165) is 0 Å². The number of halogens is 1. The zero-order valence-electron chi connectivity index (χ0n) is 34.8. The largest absolute Gasteiger partial charge is 0.507 e. The summed E-state index contributed by atoms with van der Waals surface area (Å²) in [5, 5.41) is 62.5. The maximum Gasteiger partial charge on any atom is 0.252 e. The molecule has 336 valence electrons. The smallest absolute Gasteiger partial charge is 0.252 e. The Bertz CT molecular complexity index is 2630. The molecule has 2 saturated heterocycles. The first-order chi connectivity index (χ1) is 30.5. The van der Waals surface area contributed by atoms with Gasteiger partial charge in [0, 0.05) is 58.6 Å². The molecule has 2 aliphatic carbocycles. The van der Waals surface area contributed by atoms with Crippen LogP contribution in [0.4, 0.5) is 0 Å². The minimum Gasteiger partial charge on any atom is -0.507 e. The number of phenolic OH excluding ortho intramolecular Hbond substituents is 2. The molecule has 64 heavy (non-hydrogen) atoms. The van der Waals surface area contributed by atoms with Gasteiger partial charge in [-0.2, -0.15) is 0 Å². The molecule has 0 radical (unpaired) electrons. The van der Waals surface area contributed by atoms with Crippen molar-refractivity contribution < 1.29 is 68.5 Å². The fraction of sp³-hybridized carbons (Fsp3) is 0.400. The van der Waals surface area contributed by atoms with E-state index in [1.807, 2.05) is 0 Å². The molecule has 3 aromatic carbocycles. The second kappa shape index (κ2) is 17.3.